The van der Waals surface area contributed by atoms with E-state index in [1.807, 2.05) is 6.07 Å². The number of carbonyl (C=O) groups is 1. The summed E-state index contributed by atoms with van der Waals surface area (Å²) in [5.74, 6) is -0.583. The van der Waals surface area contributed by atoms with Gasteiger partial charge in [-0.15, -0.1) is 6.58 Å². The van der Waals surface area contributed by atoms with Crippen molar-refractivity contribution in [1.29, 1.82) is 0 Å². The summed E-state index contributed by atoms with van der Waals surface area (Å²) in [7, 11) is -4.01. The molecule has 9 heteroatoms. The first kappa shape index (κ1) is 22.6. The van der Waals surface area contributed by atoms with Crippen LogP contribution in [0.3, 0.4) is 0 Å². The summed E-state index contributed by atoms with van der Waals surface area (Å²) in [6, 6.07) is 19.6. The molecule has 0 aliphatic carbocycles. The van der Waals surface area contributed by atoms with Gasteiger partial charge in [0.05, 0.1) is 27.7 Å². The Balaban J connectivity index is 1.59. The molecule has 1 aromatic heterocycles. The van der Waals surface area contributed by atoms with Gasteiger partial charge < -0.3 is 9.15 Å². The van der Waals surface area contributed by atoms with Gasteiger partial charge in [-0.3, -0.25) is 4.31 Å². The van der Waals surface area contributed by atoms with Gasteiger partial charge >= 0.3 is 5.97 Å². The number of para-hydroxylation sites is 3. The smallest absolute Gasteiger partial charge is 0.340 e. The summed E-state index contributed by atoms with van der Waals surface area (Å²) < 4.78 is 38.7. The SMILES string of the molecule is C=CCN(c1ccccc1)S(=O)(=O)c1ccc(Cl)c(C(=O)OCc2nc3ccccc3o2)c1. The number of hydrogen-bond donors (Lipinski definition) is 0. The van der Waals surface area contributed by atoms with E-state index < -0.39 is 16.0 Å². The Labute approximate surface area is 195 Å². The van der Waals surface area contributed by atoms with Crippen LogP contribution in [-0.4, -0.2) is 25.9 Å². The molecule has 0 bridgehead atoms. The summed E-state index contributed by atoms with van der Waals surface area (Å²) in [6.07, 6.45) is 1.48. The second-order valence-corrected chi connectivity index (χ2v) is 9.22. The van der Waals surface area contributed by atoms with E-state index in [0.29, 0.717) is 16.8 Å². The number of nitrogens with zero attached hydrogens (tertiary/aromatic N) is 2. The van der Waals surface area contributed by atoms with Crippen molar-refractivity contribution in [1.82, 2.24) is 4.98 Å². The van der Waals surface area contributed by atoms with E-state index in [9.17, 15) is 13.2 Å². The molecule has 33 heavy (non-hydrogen) atoms. The van der Waals surface area contributed by atoms with E-state index in [1.54, 1.807) is 48.5 Å². The van der Waals surface area contributed by atoms with Crippen molar-refractivity contribution in [2.45, 2.75) is 11.5 Å². The lowest BCUT2D eigenvalue weighted by molar-refractivity contribution is 0.0440. The van der Waals surface area contributed by atoms with Gasteiger partial charge in [0.1, 0.15) is 5.52 Å². The van der Waals surface area contributed by atoms with Gasteiger partial charge in [-0.05, 0) is 42.5 Å². The molecule has 0 radical (unpaired) electrons. The van der Waals surface area contributed by atoms with E-state index in [2.05, 4.69) is 11.6 Å². The van der Waals surface area contributed by atoms with Crippen LogP contribution < -0.4 is 4.31 Å². The van der Waals surface area contributed by atoms with Crippen LogP contribution in [0.1, 0.15) is 16.2 Å². The first-order valence-corrected chi connectivity index (χ1v) is 11.7. The molecule has 1 heterocycles. The van der Waals surface area contributed by atoms with Gasteiger partial charge in [-0.1, -0.05) is 48.0 Å². The van der Waals surface area contributed by atoms with Crippen LogP contribution in [0.4, 0.5) is 5.69 Å². The summed E-state index contributed by atoms with van der Waals surface area (Å²) in [5, 5.41) is 0.0616. The number of ether oxygens (including phenoxy) is 1. The van der Waals surface area contributed by atoms with E-state index in [-0.39, 0.29) is 34.5 Å². The normalized spacial score (nSPS) is 11.3. The Morgan fingerprint density at radius 1 is 1.09 bits per heavy atom. The summed E-state index contributed by atoms with van der Waals surface area (Å²) in [4.78, 5) is 16.8. The highest BCUT2D eigenvalue weighted by molar-refractivity contribution is 7.92. The number of halogens is 1. The van der Waals surface area contributed by atoms with Crippen LogP contribution in [0.15, 0.2) is 94.8 Å². The average molecular weight is 483 g/mol. The Hall–Kier alpha value is -3.62. The minimum absolute atomic E-state index is 0.0481. The first-order chi connectivity index (χ1) is 15.9. The van der Waals surface area contributed by atoms with Gasteiger partial charge in [0, 0.05) is 0 Å². The van der Waals surface area contributed by atoms with Crippen LogP contribution in [-0.2, 0) is 21.4 Å². The molecule has 0 saturated heterocycles. The molecule has 0 aliphatic rings. The molecule has 0 spiro atoms. The minimum atomic E-state index is -4.01. The predicted octanol–water partition coefficient (Wildman–Crippen LogP) is 5.22. The molecule has 4 rings (SSSR count). The van der Waals surface area contributed by atoms with Crippen LogP contribution >= 0.6 is 11.6 Å². The molecular formula is C24H19ClN2O5S. The minimum Gasteiger partial charge on any atom is -0.452 e. The quantitative estimate of drug-likeness (QED) is 0.252. The fourth-order valence-electron chi connectivity index (χ4n) is 3.19. The van der Waals surface area contributed by atoms with Crippen LogP contribution in [0, 0.1) is 0 Å². The highest BCUT2D eigenvalue weighted by atomic mass is 35.5. The van der Waals surface area contributed by atoms with Crippen molar-refractivity contribution >= 4 is 44.4 Å². The molecule has 0 unspecified atom stereocenters. The maximum Gasteiger partial charge on any atom is 0.340 e. The van der Waals surface area contributed by atoms with Crippen molar-refractivity contribution in [2.75, 3.05) is 10.8 Å². The molecule has 168 valence electrons. The Kier molecular flexibility index (Phi) is 6.48. The zero-order chi connectivity index (χ0) is 23.4. The van der Waals surface area contributed by atoms with Gasteiger partial charge in [0.15, 0.2) is 12.2 Å². The fraction of sp³-hybridized carbons (Fsp3) is 0.0833. The molecule has 0 amide bonds. The number of hydrogen-bond acceptors (Lipinski definition) is 6. The van der Waals surface area contributed by atoms with E-state index in [4.69, 9.17) is 20.8 Å². The molecular weight excluding hydrogens is 464 g/mol. The number of fused-ring (bicyclic) bond motifs is 1. The number of anilines is 1. The van der Waals surface area contributed by atoms with Crippen molar-refractivity contribution in [3.05, 3.63) is 102 Å². The largest absolute Gasteiger partial charge is 0.452 e. The lowest BCUT2D eigenvalue weighted by Gasteiger charge is -2.23. The number of sulfonamides is 1. The van der Waals surface area contributed by atoms with E-state index in [1.165, 1.54) is 28.6 Å². The molecule has 0 saturated carbocycles. The van der Waals surface area contributed by atoms with Gasteiger partial charge in [-0.25, -0.2) is 18.2 Å². The number of aromatic nitrogens is 1. The zero-order valence-electron chi connectivity index (χ0n) is 17.3. The summed E-state index contributed by atoms with van der Waals surface area (Å²) in [6.45, 7) is 3.47. The zero-order valence-corrected chi connectivity index (χ0v) is 18.9. The molecule has 0 aliphatic heterocycles. The number of esters is 1. The highest BCUT2D eigenvalue weighted by Gasteiger charge is 2.26. The van der Waals surface area contributed by atoms with Crippen molar-refractivity contribution in [3.8, 4) is 0 Å². The van der Waals surface area contributed by atoms with Gasteiger partial charge in [-0.2, -0.15) is 0 Å². The van der Waals surface area contributed by atoms with Gasteiger partial charge in [0.25, 0.3) is 10.0 Å². The van der Waals surface area contributed by atoms with Crippen LogP contribution in [0.25, 0.3) is 11.1 Å². The lowest BCUT2D eigenvalue weighted by atomic mass is 10.2. The number of benzene rings is 3. The second kappa shape index (κ2) is 9.48. The second-order valence-electron chi connectivity index (χ2n) is 6.95. The fourth-order valence-corrected chi connectivity index (χ4v) is 4.85. The topological polar surface area (TPSA) is 89.7 Å². The third-order valence-electron chi connectivity index (χ3n) is 4.75. The molecule has 3 aromatic carbocycles. The summed E-state index contributed by atoms with van der Waals surface area (Å²) >= 11 is 6.18. The predicted molar refractivity (Wildman–Crippen MR) is 126 cm³/mol. The van der Waals surface area contributed by atoms with E-state index in [0.717, 1.165) is 0 Å². The Morgan fingerprint density at radius 2 is 1.82 bits per heavy atom. The maximum atomic E-state index is 13.3. The number of carbonyl (C=O) groups excluding carboxylic acids is 1. The molecule has 0 fully saturated rings. The molecule has 0 atom stereocenters. The standard InChI is InChI=1S/C24H19ClN2O5S/c1-2-14-27(17-8-4-3-5-9-17)33(29,30)18-12-13-20(25)19(15-18)24(28)31-16-23-26-21-10-6-7-11-22(21)32-23/h2-13,15H,1,14,16H2. The van der Waals surface area contributed by atoms with Crippen LogP contribution in [0.5, 0.6) is 0 Å². The summed E-state index contributed by atoms with van der Waals surface area (Å²) in [5.41, 5.74) is 1.59. The number of rotatable bonds is 8. The maximum absolute atomic E-state index is 13.3. The third kappa shape index (κ3) is 4.76. The Bertz CT molecular complexity index is 1380. The van der Waals surface area contributed by atoms with Crippen molar-refractivity contribution < 1.29 is 22.4 Å². The lowest BCUT2D eigenvalue weighted by Crippen LogP contribution is -2.31. The average Bonchev–Trinajstić information content (AvgIpc) is 3.24. The third-order valence-corrected chi connectivity index (χ3v) is 6.87. The van der Waals surface area contributed by atoms with Crippen molar-refractivity contribution in [3.63, 3.8) is 0 Å². The molecule has 4 aromatic rings. The monoisotopic (exact) mass is 482 g/mol. The van der Waals surface area contributed by atoms with Crippen molar-refractivity contribution in [2.24, 2.45) is 0 Å². The highest BCUT2D eigenvalue weighted by Crippen LogP contribution is 2.27. The molecule has 7 nitrogen and oxygen atoms in total. The van der Waals surface area contributed by atoms with Crippen LogP contribution in [0.2, 0.25) is 5.02 Å². The Morgan fingerprint density at radius 3 is 2.55 bits per heavy atom. The van der Waals surface area contributed by atoms with Gasteiger partial charge in [0.2, 0.25) is 5.89 Å². The number of oxazole rings is 1. The molecule has 0 N–H and O–H groups in total. The van der Waals surface area contributed by atoms with E-state index >= 15 is 0 Å². The first-order valence-electron chi connectivity index (χ1n) is 9.90.